The number of rotatable bonds is 3. The van der Waals surface area contributed by atoms with Crippen LogP contribution in [0, 0.1) is 11.8 Å². The zero-order valence-electron chi connectivity index (χ0n) is 11.0. The van der Waals surface area contributed by atoms with Crippen molar-refractivity contribution in [2.75, 3.05) is 0 Å². The summed E-state index contributed by atoms with van der Waals surface area (Å²) in [5, 5.41) is 0. The maximum absolute atomic E-state index is 4.59. The molecule has 0 aliphatic carbocycles. The molecule has 0 N–H and O–H groups in total. The molecule has 0 fully saturated rings. The van der Waals surface area contributed by atoms with Crippen molar-refractivity contribution in [3.05, 3.63) is 29.1 Å². The van der Waals surface area contributed by atoms with E-state index < -0.39 is 0 Å². The average Bonchev–Trinajstić information content (AvgIpc) is 2.28. The molecular weight excluding hydrogens is 194 g/mol. The van der Waals surface area contributed by atoms with Crippen LogP contribution in [-0.4, -0.2) is 4.98 Å². The fourth-order valence-electron chi connectivity index (χ4n) is 1.63. The van der Waals surface area contributed by atoms with E-state index in [1.807, 2.05) is 13.1 Å². The van der Waals surface area contributed by atoms with Gasteiger partial charge in [-0.25, -0.2) is 0 Å². The predicted molar refractivity (Wildman–Crippen MR) is 69.6 cm³/mol. The first kappa shape index (κ1) is 12.8. The van der Waals surface area contributed by atoms with E-state index in [2.05, 4.69) is 50.6 Å². The molecular formula is C15H21N. The van der Waals surface area contributed by atoms with Crippen LogP contribution in [0.1, 0.15) is 69.7 Å². The van der Waals surface area contributed by atoms with Crippen LogP contribution < -0.4 is 0 Å². The van der Waals surface area contributed by atoms with Crippen LogP contribution in [0.3, 0.4) is 0 Å². The molecule has 16 heavy (non-hydrogen) atoms. The standard InChI is InChI=1S/C15H21N/c1-6-8-13-9-14(11(3)4)10-16-15(13)12(5)7-2/h9-12H,7H2,1-5H3. The molecule has 1 heteroatoms. The van der Waals surface area contributed by atoms with E-state index in [1.165, 1.54) is 5.56 Å². The minimum Gasteiger partial charge on any atom is -0.259 e. The van der Waals surface area contributed by atoms with E-state index in [1.54, 1.807) is 0 Å². The van der Waals surface area contributed by atoms with Gasteiger partial charge < -0.3 is 0 Å². The molecule has 0 aliphatic heterocycles. The summed E-state index contributed by atoms with van der Waals surface area (Å²) in [4.78, 5) is 4.59. The Morgan fingerprint density at radius 2 is 2.00 bits per heavy atom. The Balaban J connectivity index is 3.22. The van der Waals surface area contributed by atoms with Gasteiger partial charge >= 0.3 is 0 Å². The molecule has 1 rings (SSSR count). The van der Waals surface area contributed by atoms with Gasteiger partial charge in [-0.15, -0.1) is 5.92 Å². The molecule has 1 aromatic rings. The van der Waals surface area contributed by atoms with Crippen LogP contribution in [0.2, 0.25) is 0 Å². The summed E-state index contributed by atoms with van der Waals surface area (Å²) in [6.45, 7) is 10.6. The molecule has 0 bridgehead atoms. The second kappa shape index (κ2) is 5.70. The highest BCUT2D eigenvalue weighted by molar-refractivity contribution is 5.41. The summed E-state index contributed by atoms with van der Waals surface area (Å²) < 4.78 is 0. The van der Waals surface area contributed by atoms with E-state index in [4.69, 9.17) is 0 Å². The molecule has 0 saturated carbocycles. The SMILES string of the molecule is CC#Cc1cc(C(C)C)cnc1C(C)CC. The van der Waals surface area contributed by atoms with Gasteiger partial charge in [0.25, 0.3) is 0 Å². The smallest absolute Gasteiger partial charge is 0.0588 e. The van der Waals surface area contributed by atoms with Gasteiger partial charge in [-0.1, -0.05) is 33.6 Å². The van der Waals surface area contributed by atoms with E-state index in [0.29, 0.717) is 11.8 Å². The van der Waals surface area contributed by atoms with Crippen molar-refractivity contribution in [3.63, 3.8) is 0 Å². The van der Waals surface area contributed by atoms with Crippen LogP contribution in [0.4, 0.5) is 0 Å². The topological polar surface area (TPSA) is 12.9 Å². The maximum Gasteiger partial charge on any atom is 0.0588 e. The molecule has 1 aromatic heterocycles. The summed E-state index contributed by atoms with van der Waals surface area (Å²) >= 11 is 0. The molecule has 0 radical (unpaired) electrons. The van der Waals surface area contributed by atoms with Gasteiger partial charge in [0.05, 0.1) is 5.69 Å². The lowest BCUT2D eigenvalue weighted by Crippen LogP contribution is -2.02. The Kier molecular flexibility index (Phi) is 4.55. The fraction of sp³-hybridized carbons (Fsp3) is 0.533. The Hall–Kier alpha value is -1.29. The van der Waals surface area contributed by atoms with Crippen molar-refractivity contribution < 1.29 is 0 Å². The summed E-state index contributed by atoms with van der Waals surface area (Å²) in [6.07, 6.45) is 3.10. The van der Waals surface area contributed by atoms with E-state index >= 15 is 0 Å². The molecule has 1 nitrogen and oxygen atoms in total. The van der Waals surface area contributed by atoms with Gasteiger partial charge in [0.2, 0.25) is 0 Å². The van der Waals surface area contributed by atoms with E-state index in [0.717, 1.165) is 17.7 Å². The van der Waals surface area contributed by atoms with Crippen molar-refractivity contribution in [3.8, 4) is 11.8 Å². The first-order valence-electron chi connectivity index (χ1n) is 6.02. The van der Waals surface area contributed by atoms with Gasteiger partial charge in [-0.05, 0) is 36.8 Å². The van der Waals surface area contributed by atoms with Crippen LogP contribution in [0.15, 0.2) is 12.3 Å². The van der Waals surface area contributed by atoms with Gasteiger partial charge in [0.1, 0.15) is 0 Å². The summed E-state index contributed by atoms with van der Waals surface area (Å²) in [5.41, 5.74) is 3.51. The van der Waals surface area contributed by atoms with Crippen molar-refractivity contribution >= 4 is 0 Å². The van der Waals surface area contributed by atoms with Gasteiger partial charge in [-0.2, -0.15) is 0 Å². The minimum absolute atomic E-state index is 0.483. The lowest BCUT2D eigenvalue weighted by Gasteiger charge is -2.13. The van der Waals surface area contributed by atoms with E-state index in [9.17, 15) is 0 Å². The van der Waals surface area contributed by atoms with Crippen molar-refractivity contribution in [2.45, 2.75) is 52.9 Å². The summed E-state index contributed by atoms with van der Waals surface area (Å²) in [6, 6.07) is 2.19. The fourth-order valence-corrected chi connectivity index (χ4v) is 1.63. The Bertz CT molecular complexity index is 407. The first-order chi connectivity index (χ1) is 7.60. The third-order valence-corrected chi connectivity index (χ3v) is 2.95. The molecule has 0 saturated heterocycles. The number of aromatic nitrogens is 1. The highest BCUT2D eigenvalue weighted by Crippen LogP contribution is 2.23. The second-order valence-electron chi connectivity index (χ2n) is 4.54. The molecule has 1 heterocycles. The summed E-state index contributed by atoms with van der Waals surface area (Å²) in [5.74, 6) is 7.15. The average molecular weight is 215 g/mol. The Labute approximate surface area is 99.3 Å². The van der Waals surface area contributed by atoms with E-state index in [-0.39, 0.29) is 0 Å². The predicted octanol–water partition coefficient (Wildman–Crippen LogP) is 4.09. The Morgan fingerprint density at radius 3 is 2.50 bits per heavy atom. The van der Waals surface area contributed by atoms with Crippen LogP contribution in [0.5, 0.6) is 0 Å². The maximum atomic E-state index is 4.59. The molecule has 0 spiro atoms. The number of pyridine rings is 1. The van der Waals surface area contributed by atoms with Crippen LogP contribution >= 0.6 is 0 Å². The van der Waals surface area contributed by atoms with Crippen LogP contribution in [0.25, 0.3) is 0 Å². The normalized spacial score (nSPS) is 12.1. The van der Waals surface area contributed by atoms with Crippen LogP contribution in [-0.2, 0) is 0 Å². The first-order valence-corrected chi connectivity index (χ1v) is 6.02. The second-order valence-corrected chi connectivity index (χ2v) is 4.54. The number of nitrogens with zero attached hydrogens (tertiary/aromatic N) is 1. The lowest BCUT2D eigenvalue weighted by molar-refractivity contribution is 0.702. The molecule has 0 aromatic carbocycles. The van der Waals surface area contributed by atoms with Gasteiger partial charge in [-0.3, -0.25) is 4.98 Å². The number of hydrogen-bond donors (Lipinski definition) is 0. The molecule has 0 amide bonds. The molecule has 1 unspecified atom stereocenters. The zero-order chi connectivity index (χ0) is 12.1. The molecule has 1 atom stereocenters. The van der Waals surface area contributed by atoms with Crippen molar-refractivity contribution in [2.24, 2.45) is 0 Å². The van der Waals surface area contributed by atoms with Crippen molar-refractivity contribution in [1.82, 2.24) is 4.98 Å². The molecule has 86 valence electrons. The largest absolute Gasteiger partial charge is 0.259 e. The Morgan fingerprint density at radius 1 is 1.31 bits per heavy atom. The monoisotopic (exact) mass is 215 g/mol. The molecule has 0 aliphatic rings. The highest BCUT2D eigenvalue weighted by Gasteiger charge is 2.11. The van der Waals surface area contributed by atoms with Gasteiger partial charge in [0.15, 0.2) is 0 Å². The lowest BCUT2D eigenvalue weighted by atomic mass is 9.96. The van der Waals surface area contributed by atoms with Gasteiger partial charge in [0, 0.05) is 11.8 Å². The quantitative estimate of drug-likeness (QED) is 0.692. The number of hydrogen-bond acceptors (Lipinski definition) is 1. The highest BCUT2D eigenvalue weighted by atomic mass is 14.7. The summed E-state index contributed by atoms with van der Waals surface area (Å²) in [7, 11) is 0. The minimum atomic E-state index is 0.483. The zero-order valence-corrected chi connectivity index (χ0v) is 11.0. The third-order valence-electron chi connectivity index (χ3n) is 2.95. The third kappa shape index (κ3) is 2.85. The van der Waals surface area contributed by atoms with Crippen molar-refractivity contribution in [1.29, 1.82) is 0 Å².